The second-order valence-corrected chi connectivity index (χ2v) is 4.44. The lowest BCUT2D eigenvalue weighted by Crippen LogP contribution is -1.97. The fourth-order valence-corrected chi connectivity index (χ4v) is 2.13. The lowest BCUT2D eigenvalue weighted by Gasteiger charge is -2.09. The van der Waals surface area contributed by atoms with Gasteiger partial charge in [-0.15, -0.1) is 0 Å². The van der Waals surface area contributed by atoms with Crippen LogP contribution in [0.5, 0.6) is 0 Å². The number of benzene rings is 1. The Labute approximate surface area is 115 Å². The molecule has 0 saturated carbocycles. The second-order valence-electron chi connectivity index (χ2n) is 4.08. The van der Waals surface area contributed by atoms with Gasteiger partial charge in [0.15, 0.2) is 0 Å². The molecule has 1 heterocycles. The minimum absolute atomic E-state index is 0.257. The maximum absolute atomic E-state index is 13.5. The smallest absolute Gasteiger partial charge is 0.136 e. The topological polar surface area (TPSA) is 49.6 Å². The highest BCUT2D eigenvalue weighted by Gasteiger charge is 2.12. The fraction of sp³-hybridized carbons (Fsp3) is 0.214. The number of hydrogen-bond donors (Lipinski definition) is 0. The number of rotatable bonds is 3. The van der Waals surface area contributed by atoms with Crippen LogP contribution in [0.15, 0.2) is 24.5 Å². The summed E-state index contributed by atoms with van der Waals surface area (Å²) < 4.78 is 13.5. The van der Waals surface area contributed by atoms with Crippen LogP contribution in [0.25, 0.3) is 11.3 Å². The highest BCUT2D eigenvalue weighted by molar-refractivity contribution is 6.30. The monoisotopic (exact) mass is 275 g/mol. The molecule has 19 heavy (non-hydrogen) atoms. The molecule has 0 aliphatic rings. The van der Waals surface area contributed by atoms with Crippen LogP contribution < -0.4 is 0 Å². The molecular weight excluding hydrogens is 265 g/mol. The van der Waals surface area contributed by atoms with Crippen LogP contribution in [0.4, 0.5) is 4.39 Å². The molecule has 96 valence electrons. The summed E-state index contributed by atoms with van der Waals surface area (Å²) in [7, 11) is 0. The summed E-state index contributed by atoms with van der Waals surface area (Å²) in [6, 6.07) is 6.06. The average molecular weight is 276 g/mol. The van der Waals surface area contributed by atoms with E-state index in [4.69, 9.17) is 16.9 Å². The van der Waals surface area contributed by atoms with Crippen molar-refractivity contribution in [2.45, 2.75) is 19.8 Å². The van der Waals surface area contributed by atoms with E-state index in [9.17, 15) is 4.39 Å². The third-order valence-electron chi connectivity index (χ3n) is 2.69. The summed E-state index contributed by atoms with van der Waals surface area (Å²) in [5.41, 5.74) is 2.16. The van der Waals surface area contributed by atoms with Gasteiger partial charge in [-0.1, -0.05) is 24.9 Å². The summed E-state index contributed by atoms with van der Waals surface area (Å²) in [6.45, 7) is 2.01. The first-order valence-corrected chi connectivity index (χ1v) is 6.24. The van der Waals surface area contributed by atoms with Crippen molar-refractivity contribution in [1.29, 1.82) is 5.26 Å². The van der Waals surface area contributed by atoms with E-state index >= 15 is 0 Å². The summed E-state index contributed by atoms with van der Waals surface area (Å²) in [6.07, 6.45) is 2.92. The van der Waals surface area contributed by atoms with Gasteiger partial charge >= 0.3 is 0 Å². The van der Waals surface area contributed by atoms with Crippen LogP contribution in [0.3, 0.4) is 0 Å². The Bertz CT molecular complexity index is 650. The number of hydrogen-bond acceptors (Lipinski definition) is 3. The zero-order valence-corrected chi connectivity index (χ0v) is 11.1. The van der Waals surface area contributed by atoms with Gasteiger partial charge in [0, 0.05) is 11.1 Å². The van der Waals surface area contributed by atoms with Crippen LogP contribution >= 0.6 is 11.6 Å². The van der Waals surface area contributed by atoms with Gasteiger partial charge < -0.3 is 0 Å². The first kappa shape index (κ1) is 13.4. The van der Waals surface area contributed by atoms with Crippen molar-refractivity contribution in [3.63, 3.8) is 0 Å². The summed E-state index contributed by atoms with van der Waals surface area (Å²) in [5.74, 6) is -0.466. The lowest BCUT2D eigenvalue weighted by molar-refractivity contribution is 0.627. The van der Waals surface area contributed by atoms with E-state index in [2.05, 4.69) is 9.97 Å². The molecule has 0 N–H and O–H groups in total. The van der Waals surface area contributed by atoms with Crippen molar-refractivity contribution in [2.24, 2.45) is 0 Å². The van der Waals surface area contributed by atoms with E-state index in [1.165, 1.54) is 18.5 Å². The molecule has 2 aromatic rings. The Morgan fingerprint density at radius 1 is 1.32 bits per heavy atom. The zero-order chi connectivity index (χ0) is 13.8. The Morgan fingerprint density at radius 3 is 2.79 bits per heavy atom. The van der Waals surface area contributed by atoms with E-state index in [0.29, 0.717) is 22.8 Å². The van der Waals surface area contributed by atoms with Crippen LogP contribution in [0.2, 0.25) is 5.15 Å². The summed E-state index contributed by atoms with van der Waals surface area (Å²) in [4.78, 5) is 8.12. The molecular formula is C14H11ClFN3. The quantitative estimate of drug-likeness (QED) is 0.802. The molecule has 3 nitrogen and oxygen atoms in total. The average Bonchev–Trinajstić information content (AvgIpc) is 2.40. The van der Waals surface area contributed by atoms with Gasteiger partial charge in [0.1, 0.15) is 17.3 Å². The first-order chi connectivity index (χ1) is 9.15. The van der Waals surface area contributed by atoms with Gasteiger partial charge in [0.05, 0.1) is 17.3 Å². The van der Waals surface area contributed by atoms with Gasteiger partial charge in [-0.3, -0.25) is 0 Å². The Kier molecular flexibility index (Phi) is 4.08. The Balaban J connectivity index is 2.62. The largest absolute Gasteiger partial charge is 0.236 e. The zero-order valence-electron chi connectivity index (χ0n) is 10.3. The number of nitriles is 1. The molecule has 0 saturated heterocycles. The highest BCUT2D eigenvalue weighted by Crippen LogP contribution is 2.28. The van der Waals surface area contributed by atoms with Crippen LogP contribution in [-0.4, -0.2) is 9.97 Å². The van der Waals surface area contributed by atoms with Gasteiger partial charge in [-0.25, -0.2) is 14.4 Å². The molecule has 0 atom stereocenters. The van der Waals surface area contributed by atoms with Crippen molar-refractivity contribution in [3.05, 3.63) is 46.6 Å². The van der Waals surface area contributed by atoms with Gasteiger partial charge in [-0.05, 0) is 24.6 Å². The lowest BCUT2D eigenvalue weighted by atomic mass is 10.0. The van der Waals surface area contributed by atoms with Gasteiger partial charge in [-0.2, -0.15) is 5.26 Å². The molecule has 0 spiro atoms. The maximum atomic E-state index is 13.5. The highest BCUT2D eigenvalue weighted by atomic mass is 35.5. The van der Waals surface area contributed by atoms with E-state index in [0.717, 1.165) is 12.0 Å². The maximum Gasteiger partial charge on any atom is 0.136 e. The van der Waals surface area contributed by atoms with Gasteiger partial charge in [0.25, 0.3) is 0 Å². The standard InChI is InChI=1S/C14H11ClFN3/c1-2-3-12-13(18-8-19-14(12)15)10-4-9(7-17)5-11(16)6-10/h4-6,8H,2-3H2,1H3. The van der Waals surface area contributed by atoms with Crippen molar-refractivity contribution in [3.8, 4) is 17.3 Å². The Hall–Kier alpha value is -1.99. The van der Waals surface area contributed by atoms with Crippen molar-refractivity contribution in [1.82, 2.24) is 9.97 Å². The molecule has 0 radical (unpaired) electrons. The van der Waals surface area contributed by atoms with E-state index < -0.39 is 5.82 Å². The van der Waals surface area contributed by atoms with Crippen LogP contribution in [0.1, 0.15) is 24.5 Å². The van der Waals surface area contributed by atoms with Crippen LogP contribution in [-0.2, 0) is 6.42 Å². The summed E-state index contributed by atoms with van der Waals surface area (Å²) in [5, 5.41) is 9.26. The molecule has 1 aromatic carbocycles. The molecule has 0 aliphatic carbocycles. The fourth-order valence-electron chi connectivity index (χ4n) is 1.90. The second kappa shape index (κ2) is 5.77. The normalized spacial score (nSPS) is 10.2. The molecule has 0 aliphatic heterocycles. The third-order valence-corrected chi connectivity index (χ3v) is 3.02. The van der Waals surface area contributed by atoms with Crippen molar-refractivity contribution in [2.75, 3.05) is 0 Å². The van der Waals surface area contributed by atoms with Crippen molar-refractivity contribution < 1.29 is 4.39 Å². The number of nitrogens with zero attached hydrogens (tertiary/aromatic N) is 3. The number of aromatic nitrogens is 2. The molecule has 2 rings (SSSR count). The SMILES string of the molecule is CCCc1c(Cl)ncnc1-c1cc(F)cc(C#N)c1. The Morgan fingerprint density at radius 2 is 2.11 bits per heavy atom. The van der Waals surface area contributed by atoms with E-state index in [-0.39, 0.29) is 5.56 Å². The van der Waals surface area contributed by atoms with Gasteiger partial charge in [0.2, 0.25) is 0 Å². The number of halogens is 2. The molecule has 0 fully saturated rings. The summed E-state index contributed by atoms with van der Waals surface area (Å²) >= 11 is 6.06. The van der Waals surface area contributed by atoms with E-state index in [1.807, 2.05) is 13.0 Å². The minimum atomic E-state index is -0.466. The van der Waals surface area contributed by atoms with Crippen LogP contribution in [0, 0.1) is 17.1 Å². The predicted octanol–water partition coefficient (Wildman–Crippen LogP) is 3.76. The molecule has 0 amide bonds. The third kappa shape index (κ3) is 2.88. The van der Waals surface area contributed by atoms with E-state index in [1.54, 1.807) is 6.07 Å². The predicted molar refractivity (Wildman–Crippen MR) is 71.1 cm³/mol. The molecule has 0 unspecified atom stereocenters. The van der Waals surface area contributed by atoms with Crippen molar-refractivity contribution >= 4 is 11.6 Å². The molecule has 1 aromatic heterocycles. The minimum Gasteiger partial charge on any atom is -0.236 e. The first-order valence-electron chi connectivity index (χ1n) is 5.86. The molecule has 0 bridgehead atoms. The molecule has 5 heteroatoms.